The lowest BCUT2D eigenvalue weighted by Gasteiger charge is -1.96. The molecule has 0 fully saturated rings. The Hall–Kier alpha value is -0.960. The number of fused-ring (bicyclic) bond motifs is 1. The normalized spacial score (nSPS) is 16.8. The lowest BCUT2D eigenvalue weighted by Crippen LogP contribution is -1.95. The summed E-state index contributed by atoms with van der Waals surface area (Å²) < 4.78 is 1.99. The monoisotopic (exact) mass is 153 g/mol. The van der Waals surface area contributed by atoms with Crippen LogP contribution >= 0.6 is 0 Å². The van der Waals surface area contributed by atoms with Crippen LogP contribution in [0.25, 0.3) is 0 Å². The molecule has 0 spiro atoms. The smallest absolute Gasteiger partial charge is 0.186 e. The Morgan fingerprint density at radius 3 is 3.27 bits per heavy atom. The maximum atomic E-state index is 5.05. The van der Waals surface area contributed by atoms with Gasteiger partial charge in [-0.05, 0) is 12.8 Å². The lowest BCUT2D eigenvalue weighted by atomic mass is 10.2. The van der Waals surface area contributed by atoms with Gasteiger partial charge in [-0.1, -0.05) is 0 Å². The van der Waals surface area contributed by atoms with Crippen molar-refractivity contribution in [3.05, 3.63) is 18.0 Å². The van der Waals surface area contributed by atoms with E-state index in [1.165, 1.54) is 5.56 Å². The third-order valence-electron chi connectivity index (χ3n) is 1.82. The summed E-state index contributed by atoms with van der Waals surface area (Å²) in [6, 6.07) is 0. The highest BCUT2D eigenvalue weighted by Gasteiger charge is 2.10. The topological polar surface area (TPSA) is 23.4 Å². The van der Waals surface area contributed by atoms with Gasteiger partial charge in [-0.25, -0.2) is 0 Å². The predicted octanol–water partition coefficient (Wildman–Crippen LogP) is 1.28. The molecular weight excluding hydrogens is 142 g/mol. The fourth-order valence-corrected chi connectivity index (χ4v) is 1.30. The minimum absolute atomic E-state index is 0.693. The molecule has 0 atom stereocenters. The summed E-state index contributed by atoms with van der Waals surface area (Å²) in [6.45, 7) is 0.693. The Bertz CT molecular complexity index is 231. The van der Waals surface area contributed by atoms with Gasteiger partial charge in [0.05, 0.1) is 12.8 Å². The van der Waals surface area contributed by atoms with Crippen LogP contribution in [0.5, 0.6) is 5.75 Å². The van der Waals surface area contributed by atoms with Crippen molar-refractivity contribution in [3.63, 3.8) is 0 Å². The van der Waals surface area contributed by atoms with Gasteiger partial charge in [0.1, 0.15) is 0 Å². The summed E-state index contributed by atoms with van der Waals surface area (Å²) in [5.41, 5.74) is 1.24. The molecule has 2 rings (SSSR count). The zero-order valence-electron chi connectivity index (χ0n) is 6.54. The first kappa shape index (κ1) is 6.73. The van der Waals surface area contributed by atoms with Crippen LogP contribution in [0.4, 0.5) is 0 Å². The molecule has 0 unspecified atom stereocenters. The highest BCUT2D eigenvalue weighted by molar-refractivity contribution is 5.30. The van der Waals surface area contributed by atoms with E-state index in [1.807, 2.05) is 17.8 Å². The molecule has 0 amide bonds. The van der Waals surface area contributed by atoms with E-state index in [4.69, 9.17) is 9.78 Å². The first-order valence-corrected chi connectivity index (χ1v) is 3.80. The first-order valence-electron chi connectivity index (χ1n) is 3.80. The average molecular weight is 153 g/mol. The van der Waals surface area contributed by atoms with E-state index in [-0.39, 0.29) is 0 Å². The van der Waals surface area contributed by atoms with Crippen molar-refractivity contribution < 1.29 is 9.78 Å². The summed E-state index contributed by atoms with van der Waals surface area (Å²) in [4.78, 5) is 9.97. The van der Waals surface area contributed by atoms with Gasteiger partial charge in [-0.3, -0.25) is 0 Å². The molecule has 11 heavy (non-hydrogen) atoms. The van der Waals surface area contributed by atoms with Gasteiger partial charge in [-0.15, -0.1) is 0 Å². The molecule has 1 aliphatic rings. The van der Waals surface area contributed by atoms with Gasteiger partial charge in [0.25, 0.3) is 0 Å². The van der Waals surface area contributed by atoms with Gasteiger partial charge < -0.3 is 9.45 Å². The first-order chi connectivity index (χ1) is 5.36. The third-order valence-corrected chi connectivity index (χ3v) is 1.82. The van der Waals surface area contributed by atoms with Crippen molar-refractivity contribution in [2.24, 2.45) is 7.05 Å². The van der Waals surface area contributed by atoms with Crippen molar-refractivity contribution in [2.45, 2.75) is 12.8 Å². The van der Waals surface area contributed by atoms with Crippen LogP contribution in [0.1, 0.15) is 12.0 Å². The molecule has 2 heterocycles. The minimum Gasteiger partial charge on any atom is -0.353 e. The van der Waals surface area contributed by atoms with E-state index in [0.717, 1.165) is 18.6 Å². The second kappa shape index (κ2) is 2.58. The third kappa shape index (κ3) is 1.24. The maximum absolute atomic E-state index is 5.05. The fourth-order valence-electron chi connectivity index (χ4n) is 1.30. The summed E-state index contributed by atoms with van der Waals surface area (Å²) in [5, 5.41) is 0. The number of hydrogen-bond donors (Lipinski definition) is 0. The maximum Gasteiger partial charge on any atom is 0.186 e. The Balaban J connectivity index is 2.32. The summed E-state index contributed by atoms with van der Waals surface area (Å²) in [5.74, 6) is 0.866. The molecular formula is C8H11NO2. The zero-order chi connectivity index (χ0) is 7.68. The molecule has 0 saturated heterocycles. The molecule has 60 valence electrons. The van der Waals surface area contributed by atoms with Crippen LogP contribution in [0.3, 0.4) is 0 Å². The molecule has 0 aromatic carbocycles. The Morgan fingerprint density at radius 2 is 2.36 bits per heavy atom. The van der Waals surface area contributed by atoms with E-state index in [9.17, 15) is 0 Å². The second-order valence-electron chi connectivity index (χ2n) is 2.82. The van der Waals surface area contributed by atoms with Crippen LogP contribution < -0.4 is 4.89 Å². The summed E-state index contributed by atoms with van der Waals surface area (Å²) >= 11 is 0. The highest BCUT2D eigenvalue weighted by Crippen LogP contribution is 2.23. The van der Waals surface area contributed by atoms with Crippen molar-refractivity contribution in [1.82, 2.24) is 4.57 Å². The summed E-state index contributed by atoms with van der Waals surface area (Å²) in [6.07, 6.45) is 6.10. The molecule has 0 bridgehead atoms. The standard InChI is InChI=1S/C8H11NO2/c1-9-5-7-3-2-4-10-11-8(7)6-9/h5-6H,2-4H2,1H3. The van der Waals surface area contributed by atoms with Crippen molar-refractivity contribution in [2.75, 3.05) is 6.61 Å². The molecule has 1 aliphatic heterocycles. The van der Waals surface area contributed by atoms with Crippen LogP contribution in [0, 0.1) is 0 Å². The molecule has 3 nitrogen and oxygen atoms in total. The van der Waals surface area contributed by atoms with Crippen LogP contribution in [-0.4, -0.2) is 11.2 Å². The van der Waals surface area contributed by atoms with E-state index >= 15 is 0 Å². The van der Waals surface area contributed by atoms with Gasteiger partial charge in [0, 0.05) is 18.8 Å². The number of nitrogens with zero attached hydrogens (tertiary/aromatic N) is 1. The Kier molecular flexibility index (Phi) is 1.58. The van der Waals surface area contributed by atoms with E-state index in [1.54, 1.807) is 0 Å². The largest absolute Gasteiger partial charge is 0.353 e. The SMILES string of the molecule is Cn1cc2c(c1)OOCCC2. The van der Waals surface area contributed by atoms with Gasteiger partial charge in [0.2, 0.25) is 0 Å². The van der Waals surface area contributed by atoms with Crippen LogP contribution in [-0.2, 0) is 18.4 Å². The Morgan fingerprint density at radius 1 is 1.45 bits per heavy atom. The van der Waals surface area contributed by atoms with Crippen molar-refractivity contribution in [3.8, 4) is 5.75 Å². The molecule has 1 aromatic heterocycles. The molecule has 0 saturated carbocycles. The average Bonchev–Trinajstić information content (AvgIpc) is 2.17. The van der Waals surface area contributed by atoms with Gasteiger partial charge >= 0.3 is 0 Å². The van der Waals surface area contributed by atoms with Gasteiger partial charge in [-0.2, -0.15) is 4.89 Å². The molecule has 0 aliphatic carbocycles. The fraction of sp³-hybridized carbons (Fsp3) is 0.500. The number of hydrogen-bond acceptors (Lipinski definition) is 2. The van der Waals surface area contributed by atoms with Crippen LogP contribution in [0.2, 0.25) is 0 Å². The predicted molar refractivity (Wildman–Crippen MR) is 40.3 cm³/mol. The Labute approximate surface area is 65.5 Å². The van der Waals surface area contributed by atoms with Crippen molar-refractivity contribution in [1.29, 1.82) is 0 Å². The number of rotatable bonds is 0. The van der Waals surface area contributed by atoms with E-state index < -0.39 is 0 Å². The quantitative estimate of drug-likeness (QED) is 0.524. The van der Waals surface area contributed by atoms with Crippen molar-refractivity contribution >= 4 is 0 Å². The zero-order valence-corrected chi connectivity index (χ0v) is 6.54. The van der Waals surface area contributed by atoms with Crippen LogP contribution in [0.15, 0.2) is 12.4 Å². The number of aromatic nitrogens is 1. The number of aryl methyl sites for hydroxylation is 2. The van der Waals surface area contributed by atoms with E-state index in [0.29, 0.717) is 6.61 Å². The second-order valence-corrected chi connectivity index (χ2v) is 2.82. The lowest BCUT2D eigenvalue weighted by molar-refractivity contribution is -0.203. The molecule has 1 aromatic rings. The minimum atomic E-state index is 0.693. The highest BCUT2D eigenvalue weighted by atomic mass is 17.2. The molecule has 3 heteroatoms. The van der Waals surface area contributed by atoms with Gasteiger partial charge in [0.15, 0.2) is 5.75 Å². The molecule has 0 radical (unpaired) electrons. The van der Waals surface area contributed by atoms with E-state index in [2.05, 4.69) is 6.20 Å². The summed E-state index contributed by atoms with van der Waals surface area (Å²) in [7, 11) is 1.98. The molecule has 0 N–H and O–H groups in total.